The van der Waals surface area contributed by atoms with Gasteiger partial charge in [-0.05, 0) is 32.9 Å². The Morgan fingerprint density at radius 1 is 1.20 bits per heavy atom. The molecule has 0 radical (unpaired) electrons. The van der Waals surface area contributed by atoms with E-state index < -0.39 is 10.8 Å². The van der Waals surface area contributed by atoms with Crippen molar-refractivity contribution in [3.63, 3.8) is 0 Å². The minimum atomic E-state index is -0.543. The highest BCUT2D eigenvalue weighted by molar-refractivity contribution is 5.96. The maximum atomic E-state index is 11.7. The van der Waals surface area contributed by atoms with Crippen LogP contribution in [0.3, 0.4) is 0 Å². The van der Waals surface area contributed by atoms with E-state index in [4.69, 9.17) is 0 Å². The van der Waals surface area contributed by atoms with Crippen molar-refractivity contribution in [2.75, 3.05) is 6.54 Å². The van der Waals surface area contributed by atoms with Crippen LogP contribution in [0, 0.1) is 10.1 Å². The van der Waals surface area contributed by atoms with Crippen molar-refractivity contribution in [3.8, 4) is 0 Å². The van der Waals surface area contributed by atoms with Gasteiger partial charge in [0.2, 0.25) is 5.91 Å². The van der Waals surface area contributed by atoms with Crippen LogP contribution in [0.15, 0.2) is 24.3 Å². The Bertz CT molecular complexity index is 517. The molecule has 0 atom stereocenters. The average Bonchev–Trinajstić information content (AvgIpc) is 2.34. The lowest BCUT2D eigenvalue weighted by Gasteiger charge is -2.20. The third kappa shape index (κ3) is 5.05. The first-order valence-corrected chi connectivity index (χ1v) is 6.03. The van der Waals surface area contributed by atoms with Crippen molar-refractivity contribution in [1.29, 1.82) is 0 Å². The van der Waals surface area contributed by atoms with E-state index in [1.165, 1.54) is 24.3 Å². The Labute approximate surface area is 116 Å². The van der Waals surface area contributed by atoms with Gasteiger partial charge in [0.25, 0.3) is 11.6 Å². The van der Waals surface area contributed by atoms with Gasteiger partial charge in [-0.1, -0.05) is 0 Å². The normalized spacial score (nSPS) is 10.8. The van der Waals surface area contributed by atoms with Crippen LogP contribution in [0.25, 0.3) is 0 Å². The second kappa shape index (κ2) is 6.14. The van der Waals surface area contributed by atoms with E-state index in [2.05, 4.69) is 10.6 Å². The fourth-order valence-electron chi connectivity index (χ4n) is 1.46. The third-order valence-electron chi connectivity index (χ3n) is 2.26. The quantitative estimate of drug-likeness (QED) is 0.639. The molecular weight excluding hydrogens is 262 g/mol. The summed E-state index contributed by atoms with van der Waals surface area (Å²) in [6.45, 7) is 5.36. The summed E-state index contributed by atoms with van der Waals surface area (Å²) in [5, 5.41) is 15.6. The van der Waals surface area contributed by atoms with Gasteiger partial charge in [-0.2, -0.15) is 0 Å². The van der Waals surface area contributed by atoms with Gasteiger partial charge in [-0.3, -0.25) is 19.7 Å². The molecule has 0 aliphatic heterocycles. The van der Waals surface area contributed by atoms with Gasteiger partial charge in [0, 0.05) is 23.2 Å². The minimum absolute atomic E-state index is 0.0907. The summed E-state index contributed by atoms with van der Waals surface area (Å²) in [5.74, 6) is -0.753. The number of rotatable bonds is 4. The molecule has 1 rings (SSSR count). The Hall–Kier alpha value is -2.44. The van der Waals surface area contributed by atoms with E-state index in [1.54, 1.807) is 0 Å². The second-order valence-corrected chi connectivity index (χ2v) is 5.28. The lowest BCUT2D eigenvalue weighted by molar-refractivity contribution is -0.384. The van der Waals surface area contributed by atoms with Crippen LogP contribution >= 0.6 is 0 Å². The molecule has 108 valence electrons. The van der Waals surface area contributed by atoms with Gasteiger partial charge >= 0.3 is 0 Å². The molecule has 0 spiro atoms. The Kier molecular flexibility index (Phi) is 4.79. The van der Waals surface area contributed by atoms with Gasteiger partial charge < -0.3 is 10.6 Å². The molecule has 2 N–H and O–H groups in total. The standard InChI is InChI=1S/C13H17N3O4/c1-13(2,3)15-11(17)8-14-12(18)9-4-6-10(7-5-9)16(19)20/h4-7H,8H2,1-3H3,(H,14,18)(H,15,17). The molecule has 2 amide bonds. The summed E-state index contributed by atoms with van der Waals surface area (Å²) in [6.07, 6.45) is 0. The van der Waals surface area contributed by atoms with Crippen molar-refractivity contribution in [2.24, 2.45) is 0 Å². The van der Waals surface area contributed by atoms with Crippen LogP contribution in [0.2, 0.25) is 0 Å². The van der Waals surface area contributed by atoms with Gasteiger partial charge in [0.05, 0.1) is 11.5 Å². The molecule has 0 aliphatic carbocycles. The van der Waals surface area contributed by atoms with Gasteiger partial charge in [0.1, 0.15) is 0 Å². The topological polar surface area (TPSA) is 101 Å². The van der Waals surface area contributed by atoms with E-state index in [-0.39, 0.29) is 29.2 Å². The minimum Gasteiger partial charge on any atom is -0.350 e. The van der Waals surface area contributed by atoms with Gasteiger partial charge in [0.15, 0.2) is 0 Å². The lowest BCUT2D eigenvalue weighted by atomic mass is 10.1. The van der Waals surface area contributed by atoms with Crippen molar-refractivity contribution in [3.05, 3.63) is 39.9 Å². The molecule has 0 fully saturated rings. The number of nitrogens with one attached hydrogen (secondary N) is 2. The summed E-state index contributed by atoms with van der Waals surface area (Å²) < 4.78 is 0. The molecule has 0 saturated heterocycles. The van der Waals surface area contributed by atoms with Crippen LogP contribution in [0.5, 0.6) is 0 Å². The summed E-state index contributed by atoms with van der Waals surface area (Å²) in [6, 6.07) is 5.17. The molecule has 0 bridgehead atoms. The van der Waals surface area contributed by atoms with Crippen LogP contribution in [0.4, 0.5) is 5.69 Å². The van der Waals surface area contributed by atoms with Crippen molar-refractivity contribution in [2.45, 2.75) is 26.3 Å². The summed E-state index contributed by atoms with van der Waals surface area (Å²) in [4.78, 5) is 33.2. The molecule has 0 aliphatic rings. The lowest BCUT2D eigenvalue weighted by Crippen LogP contribution is -2.45. The maximum Gasteiger partial charge on any atom is 0.269 e. The highest BCUT2D eigenvalue weighted by Crippen LogP contribution is 2.11. The van der Waals surface area contributed by atoms with Crippen LogP contribution < -0.4 is 10.6 Å². The smallest absolute Gasteiger partial charge is 0.269 e. The fraction of sp³-hybridized carbons (Fsp3) is 0.385. The van der Waals surface area contributed by atoms with Crippen LogP contribution in [0.1, 0.15) is 31.1 Å². The molecule has 1 aromatic rings. The first-order valence-electron chi connectivity index (χ1n) is 6.03. The van der Waals surface area contributed by atoms with Crippen LogP contribution in [-0.2, 0) is 4.79 Å². The molecular formula is C13H17N3O4. The summed E-state index contributed by atoms with van der Waals surface area (Å²) in [7, 11) is 0. The Balaban J connectivity index is 2.55. The third-order valence-corrected chi connectivity index (χ3v) is 2.26. The number of nitro benzene ring substituents is 1. The molecule has 7 nitrogen and oxygen atoms in total. The van der Waals surface area contributed by atoms with Gasteiger partial charge in [-0.25, -0.2) is 0 Å². The number of hydrogen-bond donors (Lipinski definition) is 2. The van der Waals surface area contributed by atoms with E-state index >= 15 is 0 Å². The summed E-state index contributed by atoms with van der Waals surface area (Å²) in [5.41, 5.74) is -0.194. The predicted octanol–water partition coefficient (Wildman–Crippen LogP) is 1.24. The number of benzene rings is 1. The molecule has 0 heterocycles. The summed E-state index contributed by atoms with van der Waals surface area (Å²) >= 11 is 0. The predicted molar refractivity (Wildman–Crippen MR) is 73.3 cm³/mol. The number of nitro groups is 1. The van der Waals surface area contributed by atoms with Crippen molar-refractivity contribution < 1.29 is 14.5 Å². The number of carbonyl (C=O) groups excluding carboxylic acids is 2. The first-order chi connectivity index (χ1) is 9.19. The molecule has 0 aromatic heterocycles. The Morgan fingerprint density at radius 2 is 1.75 bits per heavy atom. The SMILES string of the molecule is CC(C)(C)NC(=O)CNC(=O)c1ccc([N+](=O)[O-])cc1. The zero-order valence-electron chi connectivity index (χ0n) is 11.6. The number of hydrogen-bond acceptors (Lipinski definition) is 4. The number of carbonyl (C=O) groups is 2. The molecule has 1 aromatic carbocycles. The monoisotopic (exact) mass is 279 g/mol. The first kappa shape index (κ1) is 15.6. The van der Waals surface area contributed by atoms with E-state index in [1.807, 2.05) is 20.8 Å². The molecule has 0 saturated carbocycles. The Morgan fingerprint density at radius 3 is 2.20 bits per heavy atom. The number of non-ortho nitro benzene ring substituents is 1. The zero-order valence-corrected chi connectivity index (χ0v) is 11.6. The molecule has 7 heteroatoms. The number of nitrogens with zero attached hydrogens (tertiary/aromatic N) is 1. The van der Waals surface area contributed by atoms with E-state index in [0.29, 0.717) is 0 Å². The van der Waals surface area contributed by atoms with Gasteiger partial charge in [-0.15, -0.1) is 0 Å². The fourth-order valence-corrected chi connectivity index (χ4v) is 1.46. The van der Waals surface area contributed by atoms with Crippen molar-refractivity contribution in [1.82, 2.24) is 10.6 Å². The average molecular weight is 279 g/mol. The second-order valence-electron chi connectivity index (χ2n) is 5.28. The molecule has 20 heavy (non-hydrogen) atoms. The zero-order chi connectivity index (χ0) is 15.3. The van der Waals surface area contributed by atoms with E-state index in [9.17, 15) is 19.7 Å². The van der Waals surface area contributed by atoms with Crippen molar-refractivity contribution >= 4 is 17.5 Å². The maximum absolute atomic E-state index is 11.7. The number of amides is 2. The molecule has 0 unspecified atom stereocenters. The highest BCUT2D eigenvalue weighted by Gasteiger charge is 2.15. The largest absolute Gasteiger partial charge is 0.350 e. The van der Waals surface area contributed by atoms with Crippen LogP contribution in [-0.4, -0.2) is 28.8 Å². The highest BCUT2D eigenvalue weighted by atomic mass is 16.6. The van der Waals surface area contributed by atoms with E-state index in [0.717, 1.165) is 0 Å².